The molecule has 0 saturated carbocycles. The van der Waals surface area contributed by atoms with Crippen molar-refractivity contribution >= 4 is 11.0 Å². The zero-order chi connectivity index (χ0) is 22.8. The van der Waals surface area contributed by atoms with Gasteiger partial charge in [-0.25, -0.2) is 0 Å². The van der Waals surface area contributed by atoms with Crippen molar-refractivity contribution in [3.63, 3.8) is 0 Å². The summed E-state index contributed by atoms with van der Waals surface area (Å²) < 4.78 is 7.96. The predicted octanol–water partition coefficient (Wildman–Crippen LogP) is 4.21. The number of aromatic nitrogens is 4. The molecular formula is C26H34N6O. The summed E-state index contributed by atoms with van der Waals surface area (Å²) >= 11 is 0. The van der Waals surface area contributed by atoms with Crippen LogP contribution in [0.15, 0.2) is 48.9 Å². The fraction of sp³-hybridized carbons (Fsp3) is 0.500. The Bertz CT molecular complexity index is 1090. The van der Waals surface area contributed by atoms with Crippen molar-refractivity contribution in [3.8, 4) is 6.01 Å². The van der Waals surface area contributed by atoms with Crippen molar-refractivity contribution < 1.29 is 4.74 Å². The maximum atomic E-state index is 5.65. The van der Waals surface area contributed by atoms with E-state index in [2.05, 4.69) is 62.3 Å². The van der Waals surface area contributed by atoms with Crippen LogP contribution in [0.2, 0.25) is 0 Å². The Morgan fingerprint density at radius 2 is 1.85 bits per heavy atom. The average molecular weight is 447 g/mol. The lowest BCUT2D eigenvalue weighted by Crippen LogP contribution is -2.40. The van der Waals surface area contributed by atoms with Crippen molar-refractivity contribution in [2.75, 3.05) is 33.3 Å². The van der Waals surface area contributed by atoms with Crippen LogP contribution < -0.4 is 4.74 Å². The second-order valence-electron chi connectivity index (χ2n) is 9.47. The van der Waals surface area contributed by atoms with E-state index < -0.39 is 0 Å². The summed E-state index contributed by atoms with van der Waals surface area (Å²) in [4.78, 5) is 9.78. The van der Waals surface area contributed by atoms with Gasteiger partial charge in [-0.1, -0.05) is 12.6 Å². The standard InChI is InChI=1S/C26H34N6O/c1-19-4-5-25-24(16-19)29-26(33-3)32(25)23-9-14-31(15-10-23)20(2)22-7-12-30(13-8-22)18-21-6-11-27-28-17-21/h4-6,11,16-17,22-23H,2,7-10,12-15,18H2,1,3H3. The summed E-state index contributed by atoms with van der Waals surface area (Å²) in [7, 11) is 1.72. The van der Waals surface area contributed by atoms with Gasteiger partial charge in [-0.05, 0) is 75.0 Å². The van der Waals surface area contributed by atoms with E-state index in [1.165, 1.54) is 35.2 Å². The fourth-order valence-corrected chi connectivity index (χ4v) is 5.45. The van der Waals surface area contributed by atoms with Crippen molar-refractivity contribution in [2.45, 2.75) is 45.2 Å². The summed E-state index contributed by atoms with van der Waals surface area (Å²) in [6, 6.07) is 9.68. The lowest BCUT2D eigenvalue weighted by molar-refractivity contribution is 0.153. The number of hydrogen-bond donors (Lipinski definition) is 0. The number of piperidine rings is 2. The van der Waals surface area contributed by atoms with Gasteiger partial charge in [0.1, 0.15) is 0 Å². The topological polar surface area (TPSA) is 59.3 Å². The lowest BCUT2D eigenvalue weighted by atomic mass is 9.91. The quantitative estimate of drug-likeness (QED) is 0.565. The number of fused-ring (bicyclic) bond motifs is 1. The van der Waals surface area contributed by atoms with Gasteiger partial charge in [0.05, 0.1) is 24.3 Å². The molecule has 0 unspecified atom stereocenters. The van der Waals surface area contributed by atoms with E-state index in [1.54, 1.807) is 13.3 Å². The smallest absolute Gasteiger partial charge is 0.297 e. The van der Waals surface area contributed by atoms with Crippen molar-refractivity contribution in [3.05, 3.63) is 60.1 Å². The monoisotopic (exact) mass is 446 g/mol. The largest absolute Gasteiger partial charge is 0.468 e. The molecule has 0 atom stereocenters. The van der Waals surface area contributed by atoms with Crippen molar-refractivity contribution in [1.82, 2.24) is 29.5 Å². The number of likely N-dealkylation sites (tertiary alicyclic amines) is 2. The number of benzene rings is 1. The summed E-state index contributed by atoms with van der Waals surface area (Å²) in [6.07, 6.45) is 8.17. The molecule has 0 spiro atoms. The van der Waals surface area contributed by atoms with Gasteiger partial charge in [0.15, 0.2) is 0 Å². The van der Waals surface area contributed by atoms with Crippen LogP contribution in [-0.2, 0) is 6.54 Å². The Labute approximate surface area is 196 Å². The first kappa shape index (κ1) is 21.9. The van der Waals surface area contributed by atoms with E-state index >= 15 is 0 Å². The Morgan fingerprint density at radius 3 is 2.55 bits per heavy atom. The zero-order valence-corrected chi connectivity index (χ0v) is 19.8. The lowest BCUT2D eigenvalue weighted by Gasteiger charge is -2.40. The van der Waals surface area contributed by atoms with Crippen LogP contribution in [0, 0.1) is 12.8 Å². The molecule has 1 aromatic carbocycles. The molecule has 0 radical (unpaired) electrons. The van der Waals surface area contributed by atoms with Gasteiger partial charge in [-0.3, -0.25) is 9.47 Å². The Morgan fingerprint density at radius 1 is 1.06 bits per heavy atom. The number of rotatable bonds is 6. The van der Waals surface area contributed by atoms with E-state index in [0.29, 0.717) is 12.0 Å². The molecule has 2 aliphatic heterocycles. The fourth-order valence-electron chi connectivity index (χ4n) is 5.45. The SMILES string of the molecule is C=C(C1CCN(Cc2ccnnc2)CC1)N1CCC(n2c(OC)nc3cc(C)ccc32)CC1. The van der Waals surface area contributed by atoms with E-state index in [0.717, 1.165) is 57.1 Å². The third-order valence-corrected chi connectivity index (χ3v) is 7.34. The molecule has 0 bridgehead atoms. The molecule has 7 nitrogen and oxygen atoms in total. The normalized spacial score (nSPS) is 18.7. The second kappa shape index (κ2) is 9.51. The predicted molar refractivity (Wildman–Crippen MR) is 130 cm³/mol. The minimum absolute atomic E-state index is 0.410. The van der Waals surface area contributed by atoms with Gasteiger partial charge in [-0.15, -0.1) is 0 Å². The van der Waals surface area contributed by atoms with E-state index in [-0.39, 0.29) is 0 Å². The van der Waals surface area contributed by atoms with Gasteiger partial charge in [0.2, 0.25) is 0 Å². The third-order valence-electron chi connectivity index (χ3n) is 7.34. The highest BCUT2D eigenvalue weighted by atomic mass is 16.5. The van der Waals surface area contributed by atoms with Crippen LogP contribution in [0.5, 0.6) is 6.01 Å². The maximum absolute atomic E-state index is 5.65. The summed E-state index contributed by atoms with van der Waals surface area (Å²) in [5.74, 6) is 0.583. The zero-order valence-electron chi connectivity index (χ0n) is 19.8. The number of hydrogen-bond acceptors (Lipinski definition) is 6. The molecule has 2 fully saturated rings. The third kappa shape index (κ3) is 4.60. The highest BCUT2D eigenvalue weighted by Gasteiger charge is 2.29. The molecule has 7 heteroatoms. The summed E-state index contributed by atoms with van der Waals surface area (Å²) in [5.41, 5.74) is 5.99. The Hall–Kier alpha value is -2.93. The van der Waals surface area contributed by atoms with Gasteiger partial charge in [0, 0.05) is 43.5 Å². The molecule has 0 aliphatic carbocycles. The van der Waals surface area contributed by atoms with Crippen molar-refractivity contribution in [2.24, 2.45) is 5.92 Å². The molecule has 2 aromatic heterocycles. The van der Waals surface area contributed by atoms with Crippen LogP contribution in [0.1, 0.15) is 42.9 Å². The number of aryl methyl sites for hydroxylation is 1. The van der Waals surface area contributed by atoms with Crippen LogP contribution in [0.4, 0.5) is 0 Å². The number of allylic oxidation sites excluding steroid dienone is 1. The highest BCUT2D eigenvalue weighted by molar-refractivity contribution is 5.77. The first-order valence-electron chi connectivity index (χ1n) is 12.1. The second-order valence-corrected chi connectivity index (χ2v) is 9.47. The number of imidazole rings is 1. The van der Waals surface area contributed by atoms with Crippen LogP contribution >= 0.6 is 0 Å². The van der Waals surface area contributed by atoms with Crippen LogP contribution in [0.3, 0.4) is 0 Å². The Kier molecular flexibility index (Phi) is 6.31. The first-order valence-corrected chi connectivity index (χ1v) is 12.1. The molecule has 5 rings (SSSR count). The minimum Gasteiger partial charge on any atom is -0.468 e. The van der Waals surface area contributed by atoms with E-state index in [4.69, 9.17) is 9.72 Å². The number of ether oxygens (including phenoxy) is 1. The highest BCUT2D eigenvalue weighted by Crippen LogP contribution is 2.35. The van der Waals surface area contributed by atoms with Gasteiger partial charge in [-0.2, -0.15) is 15.2 Å². The summed E-state index contributed by atoms with van der Waals surface area (Å²) in [5, 5.41) is 7.88. The molecule has 4 heterocycles. The molecule has 2 saturated heterocycles. The van der Waals surface area contributed by atoms with Gasteiger partial charge >= 0.3 is 0 Å². The van der Waals surface area contributed by atoms with E-state index in [9.17, 15) is 0 Å². The molecule has 0 N–H and O–H groups in total. The minimum atomic E-state index is 0.410. The van der Waals surface area contributed by atoms with Crippen LogP contribution in [-0.4, -0.2) is 62.8 Å². The summed E-state index contributed by atoms with van der Waals surface area (Å²) in [6.45, 7) is 11.9. The molecule has 0 amide bonds. The molecule has 174 valence electrons. The molecule has 2 aliphatic rings. The van der Waals surface area contributed by atoms with Crippen molar-refractivity contribution in [1.29, 1.82) is 0 Å². The molecular weight excluding hydrogens is 412 g/mol. The van der Waals surface area contributed by atoms with Crippen LogP contribution in [0.25, 0.3) is 11.0 Å². The average Bonchev–Trinajstić information content (AvgIpc) is 3.22. The van der Waals surface area contributed by atoms with Gasteiger partial charge < -0.3 is 9.64 Å². The first-order chi connectivity index (χ1) is 16.1. The number of nitrogens with zero attached hydrogens (tertiary/aromatic N) is 6. The molecule has 33 heavy (non-hydrogen) atoms. The molecule has 3 aromatic rings. The van der Waals surface area contributed by atoms with Gasteiger partial charge in [0.25, 0.3) is 6.01 Å². The number of methoxy groups -OCH3 is 1. The maximum Gasteiger partial charge on any atom is 0.297 e. The van der Waals surface area contributed by atoms with E-state index in [1.807, 2.05) is 6.20 Å². The Balaban J connectivity index is 1.17.